The number of halogens is 3. The number of hydrogen-bond donors (Lipinski definition) is 3. The van der Waals surface area contributed by atoms with E-state index in [0.717, 1.165) is 16.7 Å². The molecule has 19 heteroatoms. The van der Waals surface area contributed by atoms with Crippen LogP contribution in [0.4, 0.5) is 13.2 Å². The second kappa shape index (κ2) is 9.72. The van der Waals surface area contributed by atoms with Gasteiger partial charge in [0, 0.05) is 11.5 Å². The van der Waals surface area contributed by atoms with Gasteiger partial charge < -0.3 is 10.4 Å². The SMILES string of the molecule is NS(=O)(=O)CCn1nnnc1SCC1=C(C(=O)O)N2C(=O)C(NC(=S)CC(F)(F)F)[C@H]2SC1. The highest BCUT2D eigenvalue weighted by molar-refractivity contribution is 8.01. The van der Waals surface area contributed by atoms with Gasteiger partial charge in [-0.1, -0.05) is 24.0 Å². The van der Waals surface area contributed by atoms with E-state index in [1.54, 1.807) is 0 Å². The van der Waals surface area contributed by atoms with Crippen LogP contribution in [0.15, 0.2) is 16.4 Å². The molecule has 0 saturated carbocycles. The molecule has 0 bridgehead atoms. The van der Waals surface area contributed by atoms with Gasteiger partial charge in [0.05, 0.1) is 23.7 Å². The number of aliphatic carboxylic acids is 1. The van der Waals surface area contributed by atoms with Crippen molar-refractivity contribution in [1.29, 1.82) is 0 Å². The highest BCUT2D eigenvalue weighted by Crippen LogP contribution is 2.41. The molecule has 1 unspecified atom stereocenters. The summed E-state index contributed by atoms with van der Waals surface area (Å²) in [4.78, 5) is 24.9. The molecule has 12 nitrogen and oxygen atoms in total. The Morgan fingerprint density at radius 1 is 1.42 bits per heavy atom. The summed E-state index contributed by atoms with van der Waals surface area (Å²) in [6.07, 6.45) is -5.91. The fraction of sp³-hybridized carbons (Fsp3) is 0.571. The van der Waals surface area contributed by atoms with Gasteiger partial charge in [-0.25, -0.2) is 23.0 Å². The molecule has 2 aliphatic rings. The predicted molar refractivity (Wildman–Crippen MR) is 114 cm³/mol. The molecule has 1 aromatic rings. The van der Waals surface area contributed by atoms with E-state index in [-0.39, 0.29) is 28.9 Å². The molecule has 0 spiro atoms. The Hall–Kier alpha value is -1.96. The number of nitrogens with two attached hydrogens (primary N) is 1. The number of tetrazole rings is 1. The molecule has 4 N–H and O–H groups in total. The van der Waals surface area contributed by atoms with Crippen LogP contribution in [0, 0.1) is 0 Å². The fourth-order valence-electron chi connectivity index (χ4n) is 3.01. The summed E-state index contributed by atoms with van der Waals surface area (Å²) < 4.78 is 61.0. The summed E-state index contributed by atoms with van der Waals surface area (Å²) in [5.74, 6) is -2.21. The number of carboxylic acid groups (broad SMARTS) is 1. The first-order valence-corrected chi connectivity index (χ1v) is 13.1. The number of nitrogens with one attached hydrogen (secondary N) is 1. The van der Waals surface area contributed by atoms with Crippen LogP contribution in [0.25, 0.3) is 0 Å². The lowest BCUT2D eigenvalue weighted by Gasteiger charge is -2.49. The molecule has 3 heterocycles. The second-order valence-electron chi connectivity index (χ2n) is 6.84. The van der Waals surface area contributed by atoms with Crippen LogP contribution in [0.3, 0.4) is 0 Å². The number of β-lactam (4-membered cyclic amide) rings is 1. The molecule has 2 atom stereocenters. The number of carbonyl (C=O) groups excluding carboxylic acids is 1. The van der Waals surface area contributed by atoms with E-state index >= 15 is 0 Å². The largest absolute Gasteiger partial charge is 0.477 e. The molecule has 1 fully saturated rings. The summed E-state index contributed by atoms with van der Waals surface area (Å²) in [7, 11) is -3.75. The van der Waals surface area contributed by atoms with Crippen molar-refractivity contribution in [3.63, 3.8) is 0 Å². The molecule has 182 valence electrons. The van der Waals surface area contributed by atoms with Crippen molar-refractivity contribution in [2.75, 3.05) is 17.3 Å². The number of aryl methyl sites for hydroxylation is 1. The molecular formula is C14H16F3N7O5S4. The summed E-state index contributed by atoms with van der Waals surface area (Å²) >= 11 is 6.88. The maximum atomic E-state index is 12.5. The summed E-state index contributed by atoms with van der Waals surface area (Å²) in [5, 5.41) is 27.4. The third-order valence-corrected chi connectivity index (χ3v) is 7.79. The lowest BCUT2D eigenvalue weighted by atomic mass is 10.0. The van der Waals surface area contributed by atoms with Gasteiger partial charge in [-0.2, -0.15) is 13.2 Å². The van der Waals surface area contributed by atoms with E-state index in [9.17, 15) is 36.3 Å². The number of alkyl halides is 3. The van der Waals surface area contributed by atoms with E-state index in [2.05, 4.69) is 33.1 Å². The second-order valence-corrected chi connectivity index (χ2v) is 11.1. The van der Waals surface area contributed by atoms with Crippen LogP contribution in [0.5, 0.6) is 0 Å². The third kappa shape index (κ3) is 6.34. The first-order valence-electron chi connectivity index (χ1n) is 8.92. The Labute approximate surface area is 198 Å². The molecule has 33 heavy (non-hydrogen) atoms. The molecule has 0 radical (unpaired) electrons. The topological polar surface area (TPSA) is 173 Å². The number of thioether (sulfide) groups is 2. The third-order valence-electron chi connectivity index (χ3n) is 4.39. The lowest BCUT2D eigenvalue weighted by Crippen LogP contribution is -2.70. The average Bonchev–Trinajstić information content (AvgIpc) is 3.13. The Morgan fingerprint density at radius 2 is 2.12 bits per heavy atom. The fourth-order valence-corrected chi connectivity index (χ4v) is 6.11. The number of nitrogens with zero attached hydrogens (tertiary/aromatic N) is 5. The van der Waals surface area contributed by atoms with Crippen molar-refractivity contribution in [2.24, 2.45) is 5.14 Å². The minimum Gasteiger partial charge on any atom is -0.477 e. The number of primary sulfonamides is 1. The Balaban J connectivity index is 1.69. The Morgan fingerprint density at radius 3 is 2.73 bits per heavy atom. The summed E-state index contributed by atoms with van der Waals surface area (Å²) in [6, 6.07) is -1.06. The summed E-state index contributed by atoms with van der Waals surface area (Å²) in [6.45, 7) is -0.106. The van der Waals surface area contributed by atoms with Gasteiger partial charge in [0.2, 0.25) is 15.2 Å². The van der Waals surface area contributed by atoms with E-state index < -0.39 is 56.7 Å². The monoisotopic (exact) mass is 547 g/mol. The number of fused-ring (bicyclic) bond motifs is 1. The molecule has 2 aliphatic heterocycles. The van der Waals surface area contributed by atoms with Crippen LogP contribution in [-0.2, 0) is 26.2 Å². The Bertz CT molecular complexity index is 1110. The Kier molecular flexibility index (Phi) is 7.56. The van der Waals surface area contributed by atoms with Crippen LogP contribution >= 0.6 is 35.7 Å². The van der Waals surface area contributed by atoms with Gasteiger partial charge in [-0.15, -0.1) is 16.9 Å². The zero-order valence-electron chi connectivity index (χ0n) is 16.4. The average molecular weight is 548 g/mol. The normalized spacial score (nSPS) is 21.0. The minimum atomic E-state index is -4.53. The first kappa shape index (κ1) is 25.7. The smallest absolute Gasteiger partial charge is 0.395 e. The van der Waals surface area contributed by atoms with Crippen molar-refractivity contribution < 1.29 is 36.3 Å². The number of aromatic nitrogens is 4. The number of sulfonamides is 1. The molecule has 0 aliphatic carbocycles. The molecule has 1 aromatic heterocycles. The van der Waals surface area contributed by atoms with Crippen LogP contribution in [-0.4, -0.2) is 90.3 Å². The van der Waals surface area contributed by atoms with Crippen molar-refractivity contribution in [2.45, 2.75) is 35.7 Å². The van der Waals surface area contributed by atoms with E-state index in [1.807, 2.05) is 0 Å². The number of amides is 1. The highest BCUT2D eigenvalue weighted by atomic mass is 32.2. The van der Waals surface area contributed by atoms with E-state index in [4.69, 9.17) is 5.14 Å². The number of rotatable bonds is 9. The molecular weight excluding hydrogens is 531 g/mol. The van der Waals surface area contributed by atoms with E-state index in [1.165, 1.54) is 16.4 Å². The van der Waals surface area contributed by atoms with E-state index in [0.29, 0.717) is 5.57 Å². The van der Waals surface area contributed by atoms with Gasteiger partial charge >= 0.3 is 12.1 Å². The van der Waals surface area contributed by atoms with Crippen molar-refractivity contribution >= 4 is 62.6 Å². The number of carbonyl (C=O) groups is 2. The molecule has 3 rings (SSSR count). The summed E-state index contributed by atoms with van der Waals surface area (Å²) in [5.41, 5.74) is 0.110. The number of thiocarbonyl (C=S) groups is 1. The first-order chi connectivity index (χ1) is 15.3. The number of carboxylic acids is 1. The van der Waals surface area contributed by atoms with Crippen molar-refractivity contribution in [3.8, 4) is 0 Å². The van der Waals surface area contributed by atoms with Gasteiger partial charge in [-0.05, 0) is 16.0 Å². The standard InChI is InChI=1S/C14H16F3N7O5S4/c15-14(16,17)3-7(30)19-8-10(25)24-9(12(26)27)6(4-31-11(8)24)5-32-13-20-21-22-23(13)1-2-33(18,28)29/h8,11H,1-5H2,(H,19,30)(H,26,27)(H2,18,28,29)/t8?,11-/m1/s1. The van der Waals surface area contributed by atoms with Gasteiger partial charge in [-0.3, -0.25) is 9.69 Å². The lowest BCUT2D eigenvalue weighted by molar-refractivity contribution is -0.148. The van der Waals surface area contributed by atoms with Crippen LogP contribution in [0.2, 0.25) is 0 Å². The van der Waals surface area contributed by atoms with Crippen molar-refractivity contribution in [3.05, 3.63) is 11.3 Å². The minimum absolute atomic E-state index is 0.0749. The number of hydrogen-bond acceptors (Lipinski definition) is 10. The zero-order chi connectivity index (χ0) is 24.6. The van der Waals surface area contributed by atoms with Crippen LogP contribution < -0.4 is 10.5 Å². The molecule has 1 saturated heterocycles. The maximum Gasteiger partial charge on any atom is 0.395 e. The highest BCUT2D eigenvalue weighted by Gasteiger charge is 2.54. The van der Waals surface area contributed by atoms with Gasteiger partial charge in [0.15, 0.2) is 0 Å². The van der Waals surface area contributed by atoms with Gasteiger partial charge in [0.25, 0.3) is 5.91 Å². The quantitative estimate of drug-likeness (QED) is 0.207. The zero-order valence-corrected chi connectivity index (χ0v) is 19.6. The van der Waals surface area contributed by atoms with Gasteiger partial charge in [0.1, 0.15) is 17.1 Å². The van der Waals surface area contributed by atoms with Crippen LogP contribution in [0.1, 0.15) is 6.42 Å². The predicted octanol–water partition coefficient (Wildman–Crippen LogP) is -0.454. The van der Waals surface area contributed by atoms with Crippen molar-refractivity contribution in [1.82, 2.24) is 30.4 Å². The maximum absolute atomic E-state index is 12.5. The molecule has 1 amide bonds. The molecule has 0 aromatic carbocycles.